The zero-order chi connectivity index (χ0) is 12.3. The molecular weight excluding hydrogens is 240 g/mol. The van der Waals surface area contributed by atoms with Crippen LogP contribution in [0.1, 0.15) is 37.3 Å². The summed E-state index contributed by atoms with van der Waals surface area (Å²) in [6.45, 7) is 2.48. The predicted octanol–water partition coefficient (Wildman–Crippen LogP) is 1.35. The summed E-state index contributed by atoms with van der Waals surface area (Å²) < 4.78 is 1.76. The van der Waals surface area contributed by atoms with Crippen molar-refractivity contribution in [1.29, 1.82) is 0 Å². The van der Waals surface area contributed by atoms with E-state index in [0.717, 1.165) is 18.0 Å². The summed E-state index contributed by atoms with van der Waals surface area (Å²) in [4.78, 5) is 10.6. The number of thioether (sulfide) groups is 1. The van der Waals surface area contributed by atoms with Gasteiger partial charge in [-0.3, -0.25) is 4.79 Å². The number of rotatable bonds is 5. The van der Waals surface area contributed by atoms with Gasteiger partial charge in [-0.25, -0.2) is 4.68 Å². The number of aliphatic carboxylic acids is 1. The quantitative estimate of drug-likeness (QED) is 0.856. The molecule has 2 rings (SSSR count). The first-order valence-corrected chi connectivity index (χ1v) is 6.81. The molecule has 2 heterocycles. The molecule has 1 saturated heterocycles. The number of carbonyl (C=O) groups is 1. The molecule has 0 aromatic carbocycles. The lowest BCUT2D eigenvalue weighted by Crippen LogP contribution is -2.16. The van der Waals surface area contributed by atoms with E-state index in [1.165, 1.54) is 6.42 Å². The maximum absolute atomic E-state index is 10.6. The van der Waals surface area contributed by atoms with Crippen molar-refractivity contribution in [1.82, 2.24) is 20.2 Å². The number of tetrazole rings is 1. The van der Waals surface area contributed by atoms with Crippen LogP contribution in [0.5, 0.6) is 0 Å². The third-order valence-corrected chi connectivity index (χ3v) is 4.16. The Labute approximate surface area is 104 Å². The van der Waals surface area contributed by atoms with Crippen LogP contribution in [0.25, 0.3) is 0 Å². The second-order valence-electron chi connectivity index (χ2n) is 4.42. The zero-order valence-electron chi connectivity index (χ0n) is 9.74. The van der Waals surface area contributed by atoms with Gasteiger partial charge in [0.15, 0.2) is 5.82 Å². The van der Waals surface area contributed by atoms with Crippen molar-refractivity contribution < 1.29 is 9.90 Å². The summed E-state index contributed by atoms with van der Waals surface area (Å²) in [5, 5.41) is 20.8. The summed E-state index contributed by atoms with van der Waals surface area (Å²) >= 11 is 1.88. The van der Waals surface area contributed by atoms with Crippen LogP contribution in [0.4, 0.5) is 0 Å². The summed E-state index contributed by atoms with van der Waals surface area (Å²) in [6.07, 6.45) is 2.46. The van der Waals surface area contributed by atoms with E-state index in [9.17, 15) is 4.79 Å². The second kappa shape index (κ2) is 5.48. The van der Waals surface area contributed by atoms with Crippen molar-refractivity contribution in [3.63, 3.8) is 0 Å². The van der Waals surface area contributed by atoms with Gasteiger partial charge < -0.3 is 5.11 Å². The van der Waals surface area contributed by atoms with Gasteiger partial charge in [0.25, 0.3) is 0 Å². The molecule has 1 fully saturated rings. The predicted molar refractivity (Wildman–Crippen MR) is 63.7 cm³/mol. The van der Waals surface area contributed by atoms with E-state index in [1.807, 2.05) is 18.7 Å². The average Bonchev–Trinajstić information content (AvgIpc) is 2.84. The first-order chi connectivity index (χ1) is 8.16. The molecule has 0 saturated carbocycles. The third kappa shape index (κ3) is 3.18. The highest BCUT2D eigenvalue weighted by atomic mass is 32.2. The molecule has 2 atom stereocenters. The average molecular weight is 256 g/mol. The maximum atomic E-state index is 10.6. The van der Waals surface area contributed by atoms with Gasteiger partial charge >= 0.3 is 5.97 Å². The number of aromatic nitrogens is 4. The van der Waals surface area contributed by atoms with Gasteiger partial charge in [0.1, 0.15) is 0 Å². The number of hydrogen-bond acceptors (Lipinski definition) is 5. The van der Waals surface area contributed by atoms with E-state index in [2.05, 4.69) is 15.5 Å². The largest absolute Gasteiger partial charge is 0.481 e. The van der Waals surface area contributed by atoms with E-state index >= 15 is 0 Å². The van der Waals surface area contributed by atoms with Crippen LogP contribution in [0.15, 0.2) is 0 Å². The van der Waals surface area contributed by atoms with Crippen molar-refractivity contribution in [2.75, 3.05) is 5.75 Å². The Kier molecular flexibility index (Phi) is 3.98. The van der Waals surface area contributed by atoms with E-state index in [-0.39, 0.29) is 12.3 Å². The summed E-state index contributed by atoms with van der Waals surface area (Å²) in [5.74, 6) is 1.32. The Balaban J connectivity index is 2.00. The smallest absolute Gasteiger partial charge is 0.303 e. The van der Waals surface area contributed by atoms with Crippen LogP contribution < -0.4 is 0 Å². The van der Waals surface area contributed by atoms with E-state index in [1.54, 1.807) is 4.68 Å². The molecule has 2 unspecified atom stereocenters. The summed E-state index contributed by atoms with van der Waals surface area (Å²) in [7, 11) is 0. The van der Waals surface area contributed by atoms with Crippen molar-refractivity contribution in [2.45, 2.75) is 38.0 Å². The molecule has 1 N–H and O–H groups in total. The first kappa shape index (κ1) is 12.3. The van der Waals surface area contributed by atoms with Crippen LogP contribution in [0.2, 0.25) is 0 Å². The molecule has 1 aromatic heterocycles. The van der Waals surface area contributed by atoms with Gasteiger partial charge in [-0.1, -0.05) is 6.92 Å². The Morgan fingerprint density at radius 3 is 3.18 bits per heavy atom. The maximum Gasteiger partial charge on any atom is 0.303 e. The van der Waals surface area contributed by atoms with E-state index in [0.29, 0.717) is 11.8 Å². The molecule has 7 heteroatoms. The topological polar surface area (TPSA) is 80.9 Å². The molecule has 0 radical (unpaired) electrons. The molecule has 0 spiro atoms. The molecule has 1 aliphatic rings. The van der Waals surface area contributed by atoms with Crippen LogP contribution in [-0.4, -0.2) is 37.0 Å². The highest BCUT2D eigenvalue weighted by Gasteiger charge is 2.24. The minimum absolute atomic E-state index is 0.0427. The zero-order valence-corrected chi connectivity index (χ0v) is 10.6. The van der Waals surface area contributed by atoms with Gasteiger partial charge in [0.05, 0.1) is 5.25 Å². The highest BCUT2D eigenvalue weighted by molar-refractivity contribution is 7.99. The standard InChI is InChI=1S/C10H16N4O2S/c1-7(5-9(15)16)6-14-10(11-12-13-14)8-3-2-4-17-8/h7-8H,2-6H2,1H3,(H,15,16). The SMILES string of the molecule is CC(CC(=O)O)Cn1nnnc1C1CCCS1. The van der Waals surface area contributed by atoms with Crippen molar-refractivity contribution in [3.8, 4) is 0 Å². The number of hydrogen-bond donors (Lipinski definition) is 1. The summed E-state index contributed by atoms with van der Waals surface area (Å²) in [5.41, 5.74) is 0. The fourth-order valence-corrected chi connectivity index (χ4v) is 3.28. The normalized spacial score (nSPS) is 21.6. The lowest BCUT2D eigenvalue weighted by molar-refractivity contribution is -0.138. The lowest BCUT2D eigenvalue weighted by Gasteiger charge is -2.12. The minimum atomic E-state index is -0.776. The van der Waals surface area contributed by atoms with E-state index in [4.69, 9.17) is 5.11 Å². The van der Waals surface area contributed by atoms with Crippen molar-refractivity contribution in [3.05, 3.63) is 5.82 Å². The fourth-order valence-electron chi connectivity index (χ4n) is 2.01. The van der Waals surface area contributed by atoms with Crippen molar-refractivity contribution >= 4 is 17.7 Å². The Hall–Kier alpha value is -1.11. The molecule has 0 amide bonds. The molecule has 1 aromatic rings. The van der Waals surface area contributed by atoms with Crippen LogP contribution in [0, 0.1) is 5.92 Å². The first-order valence-electron chi connectivity index (χ1n) is 5.76. The molecule has 0 aliphatic carbocycles. The molecule has 94 valence electrons. The Bertz CT molecular complexity index is 389. The molecule has 17 heavy (non-hydrogen) atoms. The van der Waals surface area contributed by atoms with E-state index < -0.39 is 5.97 Å². The fraction of sp³-hybridized carbons (Fsp3) is 0.800. The highest BCUT2D eigenvalue weighted by Crippen LogP contribution is 2.38. The lowest BCUT2D eigenvalue weighted by atomic mass is 10.1. The molecule has 1 aliphatic heterocycles. The van der Waals surface area contributed by atoms with Gasteiger partial charge in [-0.15, -0.1) is 5.10 Å². The van der Waals surface area contributed by atoms with Crippen LogP contribution in [-0.2, 0) is 11.3 Å². The van der Waals surface area contributed by atoms with Crippen LogP contribution >= 0.6 is 11.8 Å². The Morgan fingerprint density at radius 1 is 1.71 bits per heavy atom. The van der Waals surface area contributed by atoms with Crippen LogP contribution in [0.3, 0.4) is 0 Å². The molecular formula is C10H16N4O2S. The third-order valence-electron chi connectivity index (χ3n) is 2.78. The second-order valence-corrected chi connectivity index (χ2v) is 5.73. The van der Waals surface area contributed by atoms with Crippen molar-refractivity contribution in [2.24, 2.45) is 5.92 Å². The van der Waals surface area contributed by atoms with Gasteiger partial charge in [0, 0.05) is 13.0 Å². The van der Waals surface area contributed by atoms with Gasteiger partial charge in [-0.2, -0.15) is 11.8 Å². The Morgan fingerprint density at radius 2 is 2.53 bits per heavy atom. The monoisotopic (exact) mass is 256 g/mol. The number of nitrogens with zero attached hydrogens (tertiary/aromatic N) is 4. The van der Waals surface area contributed by atoms with Gasteiger partial charge in [0.2, 0.25) is 0 Å². The van der Waals surface area contributed by atoms with Gasteiger partial charge in [-0.05, 0) is 34.9 Å². The molecule has 6 nitrogen and oxygen atoms in total. The number of carboxylic acids is 1. The number of carboxylic acid groups (broad SMARTS) is 1. The minimum Gasteiger partial charge on any atom is -0.481 e. The summed E-state index contributed by atoms with van der Waals surface area (Å²) in [6, 6.07) is 0. The molecule has 0 bridgehead atoms.